The molecule has 1 heterocycles. The predicted octanol–water partition coefficient (Wildman–Crippen LogP) is 2.63. The number of aryl methyl sites for hydroxylation is 1. The molecule has 1 N–H and O–H groups in total. The summed E-state index contributed by atoms with van der Waals surface area (Å²) >= 11 is 0. The molecular weight excluding hydrogens is 241 g/mol. The number of hydrogen-bond acceptors (Lipinski definition) is 2. The lowest BCUT2D eigenvalue weighted by molar-refractivity contribution is 0.594. The fourth-order valence-electron chi connectivity index (χ4n) is 2.16. The van der Waals surface area contributed by atoms with Gasteiger partial charge in [0, 0.05) is 30.5 Å². The standard InChI is InChI=1S/C15H18FN3/c1-11-17-6-7-19(11)10-13-8-12(2-5-15(13)16)9-18-14-3-4-14/h2,5-8,14,18H,3-4,9-10H2,1H3. The number of nitrogens with one attached hydrogen (secondary N) is 1. The Morgan fingerprint density at radius 3 is 2.95 bits per heavy atom. The van der Waals surface area contributed by atoms with Gasteiger partial charge in [-0.15, -0.1) is 0 Å². The zero-order valence-corrected chi connectivity index (χ0v) is 11.1. The van der Waals surface area contributed by atoms with Gasteiger partial charge in [-0.2, -0.15) is 0 Å². The SMILES string of the molecule is Cc1nccn1Cc1cc(CNC2CC2)ccc1F. The van der Waals surface area contributed by atoms with Crippen LogP contribution in [0.1, 0.15) is 29.8 Å². The summed E-state index contributed by atoms with van der Waals surface area (Å²) in [5, 5.41) is 3.45. The Morgan fingerprint density at radius 1 is 1.42 bits per heavy atom. The van der Waals surface area contributed by atoms with Crippen molar-refractivity contribution in [3.63, 3.8) is 0 Å². The summed E-state index contributed by atoms with van der Waals surface area (Å²) < 4.78 is 15.8. The van der Waals surface area contributed by atoms with Crippen molar-refractivity contribution in [2.45, 2.75) is 38.9 Å². The molecule has 1 fully saturated rings. The monoisotopic (exact) mass is 259 g/mol. The number of aromatic nitrogens is 2. The molecule has 0 bridgehead atoms. The average Bonchev–Trinajstić information content (AvgIpc) is 3.15. The van der Waals surface area contributed by atoms with Gasteiger partial charge in [-0.25, -0.2) is 9.37 Å². The van der Waals surface area contributed by atoms with E-state index in [0.29, 0.717) is 12.6 Å². The third-order valence-corrected chi connectivity index (χ3v) is 3.55. The lowest BCUT2D eigenvalue weighted by atomic mass is 10.1. The molecule has 100 valence electrons. The Bertz CT molecular complexity index is 573. The van der Waals surface area contributed by atoms with Crippen molar-refractivity contribution in [2.75, 3.05) is 0 Å². The topological polar surface area (TPSA) is 29.9 Å². The van der Waals surface area contributed by atoms with Crippen LogP contribution in [0, 0.1) is 12.7 Å². The molecular formula is C15H18FN3. The minimum Gasteiger partial charge on any atom is -0.331 e. The highest BCUT2D eigenvalue weighted by atomic mass is 19.1. The van der Waals surface area contributed by atoms with Crippen molar-refractivity contribution in [3.8, 4) is 0 Å². The minimum atomic E-state index is -0.150. The number of imidazole rings is 1. The van der Waals surface area contributed by atoms with Gasteiger partial charge >= 0.3 is 0 Å². The van der Waals surface area contributed by atoms with Gasteiger partial charge in [0.05, 0.1) is 6.54 Å². The Kier molecular flexibility index (Phi) is 3.34. The molecule has 3 nitrogen and oxygen atoms in total. The van der Waals surface area contributed by atoms with E-state index in [1.807, 2.05) is 29.8 Å². The Morgan fingerprint density at radius 2 is 2.26 bits per heavy atom. The number of rotatable bonds is 5. The van der Waals surface area contributed by atoms with Gasteiger partial charge < -0.3 is 9.88 Å². The van der Waals surface area contributed by atoms with Crippen molar-refractivity contribution in [3.05, 3.63) is 53.4 Å². The summed E-state index contributed by atoms with van der Waals surface area (Å²) in [6, 6.07) is 6.04. The third kappa shape index (κ3) is 3.01. The summed E-state index contributed by atoms with van der Waals surface area (Å²) in [4.78, 5) is 4.16. The highest BCUT2D eigenvalue weighted by Gasteiger charge is 2.20. The first-order chi connectivity index (χ1) is 9.22. The van der Waals surface area contributed by atoms with Gasteiger partial charge in [-0.1, -0.05) is 6.07 Å². The second-order valence-corrected chi connectivity index (χ2v) is 5.18. The molecule has 1 aliphatic carbocycles. The van der Waals surface area contributed by atoms with Crippen molar-refractivity contribution in [1.29, 1.82) is 0 Å². The van der Waals surface area contributed by atoms with Crippen molar-refractivity contribution < 1.29 is 4.39 Å². The van der Waals surface area contributed by atoms with Gasteiger partial charge in [0.15, 0.2) is 0 Å². The Hall–Kier alpha value is -1.68. The molecule has 1 aromatic carbocycles. The molecule has 0 aliphatic heterocycles. The van der Waals surface area contributed by atoms with Crippen molar-refractivity contribution in [1.82, 2.24) is 14.9 Å². The summed E-state index contributed by atoms with van der Waals surface area (Å²) in [7, 11) is 0. The molecule has 0 amide bonds. The maximum Gasteiger partial charge on any atom is 0.128 e. The second kappa shape index (κ2) is 5.13. The Labute approximate surface area is 112 Å². The fourth-order valence-corrected chi connectivity index (χ4v) is 2.16. The molecule has 0 radical (unpaired) electrons. The molecule has 1 saturated carbocycles. The molecule has 1 aromatic heterocycles. The van der Waals surface area contributed by atoms with Crippen LogP contribution in [-0.2, 0) is 13.1 Å². The van der Waals surface area contributed by atoms with E-state index >= 15 is 0 Å². The van der Waals surface area contributed by atoms with Crippen LogP contribution in [0.3, 0.4) is 0 Å². The van der Waals surface area contributed by atoms with Crippen LogP contribution in [0.25, 0.3) is 0 Å². The van der Waals surface area contributed by atoms with Gasteiger partial charge in [0.25, 0.3) is 0 Å². The second-order valence-electron chi connectivity index (χ2n) is 5.18. The highest BCUT2D eigenvalue weighted by molar-refractivity contribution is 5.26. The average molecular weight is 259 g/mol. The predicted molar refractivity (Wildman–Crippen MR) is 72.3 cm³/mol. The van der Waals surface area contributed by atoms with E-state index in [2.05, 4.69) is 10.3 Å². The van der Waals surface area contributed by atoms with E-state index < -0.39 is 0 Å². The van der Waals surface area contributed by atoms with Gasteiger partial charge in [0.1, 0.15) is 11.6 Å². The molecule has 0 unspecified atom stereocenters. The molecule has 0 spiro atoms. The zero-order valence-electron chi connectivity index (χ0n) is 11.1. The van der Waals surface area contributed by atoms with Gasteiger partial charge in [0.2, 0.25) is 0 Å². The molecule has 3 rings (SSSR count). The van der Waals surface area contributed by atoms with Crippen LogP contribution in [0.5, 0.6) is 0 Å². The largest absolute Gasteiger partial charge is 0.331 e. The van der Waals surface area contributed by atoms with E-state index in [9.17, 15) is 4.39 Å². The fraction of sp³-hybridized carbons (Fsp3) is 0.400. The van der Waals surface area contributed by atoms with Crippen molar-refractivity contribution in [2.24, 2.45) is 0 Å². The molecule has 4 heteroatoms. The summed E-state index contributed by atoms with van der Waals surface area (Å²) in [5.74, 6) is 0.754. The lowest BCUT2D eigenvalue weighted by Gasteiger charge is -2.09. The minimum absolute atomic E-state index is 0.150. The van der Waals surface area contributed by atoms with E-state index in [-0.39, 0.29) is 5.82 Å². The highest BCUT2D eigenvalue weighted by Crippen LogP contribution is 2.20. The van der Waals surface area contributed by atoms with Crippen LogP contribution < -0.4 is 5.32 Å². The Balaban J connectivity index is 1.75. The van der Waals surface area contributed by atoms with E-state index in [1.54, 1.807) is 12.3 Å². The zero-order chi connectivity index (χ0) is 13.2. The molecule has 0 atom stereocenters. The van der Waals surface area contributed by atoms with Crippen molar-refractivity contribution >= 4 is 0 Å². The van der Waals surface area contributed by atoms with Crippen LogP contribution in [0.4, 0.5) is 4.39 Å². The smallest absolute Gasteiger partial charge is 0.128 e. The first kappa shape index (κ1) is 12.4. The summed E-state index contributed by atoms with van der Waals surface area (Å²) in [6.45, 7) is 3.28. The maximum atomic E-state index is 13.9. The van der Waals surface area contributed by atoms with Crippen LogP contribution in [0.2, 0.25) is 0 Å². The number of hydrogen-bond donors (Lipinski definition) is 1. The quantitative estimate of drug-likeness (QED) is 0.894. The van der Waals surface area contributed by atoms with Gasteiger partial charge in [-0.05, 0) is 37.5 Å². The summed E-state index contributed by atoms with van der Waals surface area (Å²) in [5.41, 5.74) is 1.86. The summed E-state index contributed by atoms with van der Waals surface area (Å²) in [6.07, 6.45) is 6.15. The number of nitrogens with zero attached hydrogens (tertiary/aromatic N) is 2. The van der Waals surface area contributed by atoms with E-state index in [4.69, 9.17) is 0 Å². The number of halogens is 1. The molecule has 1 aliphatic rings. The van der Waals surface area contributed by atoms with E-state index in [0.717, 1.165) is 23.5 Å². The van der Waals surface area contributed by atoms with E-state index in [1.165, 1.54) is 12.8 Å². The first-order valence-corrected chi connectivity index (χ1v) is 6.71. The molecule has 0 saturated heterocycles. The van der Waals surface area contributed by atoms with Crippen LogP contribution in [-0.4, -0.2) is 15.6 Å². The maximum absolute atomic E-state index is 13.9. The normalized spacial score (nSPS) is 14.8. The van der Waals surface area contributed by atoms with Crippen LogP contribution in [0.15, 0.2) is 30.6 Å². The lowest BCUT2D eigenvalue weighted by Crippen LogP contribution is -2.15. The number of benzene rings is 1. The third-order valence-electron chi connectivity index (χ3n) is 3.55. The van der Waals surface area contributed by atoms with Gasteiger partial charge in [-0.3, -0.25) is 0 Å². The molecule has 2 aromatic rings. The molecule has 19 heavy (non-hydrogen) atoms. The van der Waals surface area contributed by atoms with Crippen LogP contribution >= 0.6 is 0 Å². The first-order valence-electron chi connectivity index (χ1n) is 6.71.